The summed E-state index contributed by atoms with van der Waals surface area (Å²) in [7, 11) is 0. The lowest BCUT2D eigenvalue weighted by molar-refractivity contribution is 0.0965. The van der Waals surface area contributed by atoms with Crippen LogP contribution in [-0.2, 0) is 0 Å². The standard InChI is InChI=1S/C15H21NO2/c17-14-7-5-13(6-8-14)15(18)9-12-16-10-3-1-2-4-11-16/h5-8,17H,1-4,9-12H2. The summed E-state index contributed by atoms with van der Waals surface area (Å²) in [6.45, 7) is 3.12. The van der Waals surface area contributed by atoms with Crippen molar-refractivity contribution in [2.45, 2.75) is 32.1 Å². The quantitative estimate of drug-likeness (QED) is 0.832. The van der Waals surface area contributed by atoms with Crippen molar-refractivity contribution in [2.75, 3.05) is 19.6 Å². The predicted octanol–water partition coefficient (Wildman–Crippen LogP) is 2.84. The van der Waals surface area contributed by atoms with E-state index in [2.05, 4.69) is 4.90 Å². The van der Waals surface area contributed by atoms with E-state index in [0.717, 1.165) is 19.6 Å². The normalized spacial score (nSPS) is 17.3. The number of Topliss-reactive ketones (excluding diaryl/α,β-unsaturated/α-hetero) is 1. The minimum absolute atomic E-state index is 0.166. The van der Waals surface area contributed by atoms with Crippen LogP contribution < -0.4 is 0 Å². The Labute approximate surface area is 108 Å². The highest BCUT2D eigenvalue weighted by molar-refractivity contribution is 5.96. The highest BCUT2D eigenvalue weighted by Crippen LogP contribution is 2.13. The molecule has 1 fully saturated rings. The first kappa shape index (κ1) is 13.1. The summed E-state index contributed by atoms with van der Waals surface area (Å²) < 4.78 is 0. The number of benzene rings is 1. The molecule has 1 saturated heterocycles. The van der Waals surface area contributed by atoms with Crippen LogP contribution in [-0.4, -0.2) is 35.4 Å². The molecular formula is C15H21NO2. The second kappa shape index (κ2) is 6.55. The van der Waals surface area contributed by atoms with Gasteiger partial charge in [-0.1, -0.05) is 12.8 Å². The maximum absolute atomic E-state index is 12.0. The van der Waals surface area contributed by atoms with Gasteiger partial charge in [0.05, 0.1) is 0 Å². The molecule has 98 valence electrons. The fourth-order valence-corrected chi connectivity index (χ4v) is 2.41. The number of hydrogen-bond donors (Lipinski definition) is 1. The number of likely N-dealkylation sites (tertiary alicyclic amines) is 1. The van der Waals surface area contributed by atoms with Gasteiger partial charge < -0.3 is 10.0 Å². The van der Waals surface area contributed by atoms with Crippen LogP contribution >= 0.6 is 0 Å². The molecule has 1 aromatic carbocycles. The minimum Gasteiger partial charge on any atom is -0.508 e. The molecule has 1 aliphatic rings. The Morgan fingerprint density at radius 1 is 1.06 bits per heavy atom. The van der Waals surface area contributed by atoms with E-state index in [0.29, 0.717) is 12.0 Å². The van der Waals surface area contributed by atoms with Gasteiger partial charge in [-0.15, -0.1) is 0 Å². The van der Waals surface area contributed by atoms with Crippen molar-refractivity contribution in [2.24, 2.45) is 0 Å². The number of ketones is 1. The molecule has 0 unspecified atom stereocenters. The zero-order valence-corrected chi connectivity index (χ0v) is 10.8. The molecule has 1 heterocycles. The Balaban J connectivity index is 1.82. The van der Waals surface area contributed by atoms with Gasteiger partial charge in [0, 0.05) is 18.5 Å². The topological polar surface area (TPSA) is 40.5 Å². The van der Waals surface area contributed by atoms with Crippen LogP contribution in [0, 0.1) is 0 Å². The van der Waals surface area contributed by atoms with E-state index < -0.39 is 0 Å². The summed E-state index contributed by atoms with van der Waals surface area (Å²) in [6.07, 6.45) is 5.73. The molecule has 2 rings (SSSR count). The highest BCUT2D eigenvalue weighted by Gasteiger charge is 2.11. The van der Waals surface area contributed by atoms with E-state index in [1.54, 1.807) is 24.3 Å². The SMILES string of the molecule is O=C(CCN1CCCCCC1)c1ccc(O)cc1. The zero-order valence-electron chi connectivity index (χ0n) is 10.8. The summed E-state index contributed by atoms with van der Waals surface area (Å²) in [6, 6.07) is 6.53. The summed E-state index contributed by atoms with van der Waals surface area (Å²) in [5, 5.41) is 9.18. The molecule has 3 nitrogen and oxygen atoms in total. The molecule has 0 amide bonds. The van der Waals surface area contributed by atoms with Crippen LogP contribution in [0.1, 0.15) is 42.5 Å². The lowest BCUT2D eigenvalue weighted by Gasteiger charge is -2.18. The van der Waals surface area contributed by atoms with Crippen molar-refractivity contribution < 1.29 is 9.90 Å². The van der Waals surface area contributed by atoms with E-state index in [1.807, 2.05) is 0 Å². The fourth-order valence-electron chi connectivity index (χ4n) is 2.41. The van der Waals surface area contributed by atoms with Gasteiger partial charge in [0.2, 0.25) is 0 Å². The predicted molar refractivity (Wildman–Crippen MR) is 72.0 cm³/mol. The Morgan fingerprint density at radius 2 is 1.67 bits per heavy atom. The smallest absolute Gasteiger partial charge is 0.164 e. The van der Waals surface area contributed by atoms with Crippen molar-refractivity contribution in [1.29, 1.82) is 0 Å². The number of nitrogens with zero attached hydrogens (tertiary/aromatic N) is 1. The molecule has 1 aromatic rings. The lowest BCUT2D eigenvalue weighted by Crippen LogP contribution is -2.27. The van der Waals surface area contributed by atoms with E-state index >= 15 is 0 Å². The van der Waals surface area contributed by atoms with Gasteiger partial charge in [-0.25, -0.2) is 0 Å². The first-order valence-electron chi connectivity index (χ1n) is 6.80. The van der Waals surface area contributed by atoms with Crippen molar-refractivity contribution in [3.05, 3.63) is 29.8 Å². The molecule has 0 saturated carbocycles. The molecule has 18 heavy (non-hydrogen) atoms. The van der Waals surface area contributed by atoms with Gasteiger partial charge in [-0.2, -0.15) is 0 Å². The van der Waals surface area contributed by atoms with Gasteiger partial charge in [0.15, 0.2) is 5.78 Å². The van der Waals surface area contributed by atoms with Crippen molar-refractivity contribution in [3.8, 4) is 5.75 Å². The third-order valence-electron chi connectivity index (χ3n) is 3.54. The number of phenolic OH excluding ortho intramolecular Hbond substituents is 1. The van der Waals surface area contributed by atoms with Gasteiger partial charge in [-0.05, 0) is 50.2 Å². The van der Waals surface area contributed by atoms with Crippen molar-refractivity contribution in [3.63, 3.8) is 0 Å². The molecule has 3 heteroatoms. The zero-order chi connectivity index (χ0) is 12.8. The van der Waals surface area contributed by atoms with E-state index in [4.69, 9.17) is 0 Å². The maximum Gasteiger partial charge on any atom is 0.164 e. The van der Waals surface area contributed by atoms with E-state index in [-0.39, 0.29) is 11.5 Å². The summed E-state index contributed by atoms with van der Waals surface area (Å²) in [5.41, 5.74) is 0.697. The maximum atomic E-state index is 12.0. The molecule has 1 N–H and O–H groups in total. The van der Waals surface area contributed by atoms with Crippen LogP contribution in [0.2, 0.25) is 0 Å². The van der Waals surface area contributed by atoms with Crippen LogP contribution in [0.15, 0.2) is 24.3 Å². The average molecular weight is 247 g/mol. The van der Waals surface area contributed by atoms with E-state index in [9.17, 15) is 9.90 Å². The molecule has 0 radical (unpaired) electrons. The molecule has 0 aliphatic carbocycles. The number of carbonyl (C=O) groups is 1. The summed E-state index contributed by atoms with van der Waals surface area (Å²) in [5.74, 6) is 0.373. The number of phenols is 1. The number of aromatic hydroxyl groups is 1. The van der Waals surface area contributed by atoms with Crippen LogP contribution in [0.4, 0.5) is 0 Å². The van der Waals surface area contributed by atoms with Crippen molar-refractivity contribution >= 4 is 5.78 Å². The third-order valence-corrected chi connectivity index (χ3v) is 3.54. The molecule has 0 spiro atoms. The lowest BCUT2D eigenvalue weighted by atomic mass is 10.1. The second-order valence-electron chi connectivity index (χ2n) is 4.98. The number of rotatable bonds is 4. The fraction of sp³-hybridized carbons (Fsp3) is 0.533. The Hall–Kier alpha value is -1.35. The molecule has 1 aliphatic heterocycles. The largest absolute Gasteiger partial charge is 0.508 e. The number of hydrogen-bond acceptors (Lipinski definition) is 3. The van der Waals surface area contributed by atoms with Crippen molar-refractivity contribution in [1.82, 2.24) is 4.90 Å². The molecule has 0 atom stereocenters. The Kier molecular flexibility index (Phi) is 4.76. The molecular weight excluding hydrogens is 226 g/mol. The third kappa shape index (κ3) is 3.84. The second-order valence-corrected chi connectivity index (χ2v) is 4.98. The summed E-state index contributed by atoms with van der Waals surface area (Å²) in [4.78, 5) is 14.4. The Bertz CT molecular complexity index is 378. The van der Waals surface area contributed by atoms with Crippen LogP contribution in [0.25, 0.3) is 0 Å². The van der Waals surface area contributed by atoms with Gasteiger partial charge in [0.1, 0.15) is 5.75 Å². The number of carbonyl (C=O) groups excluding carboxylic acids is 1. The molecule has 0 bridgehead atoms. The van der Waals surface area contributed by atoms with Gasteiger partial charge >= 0.3 is 0 Å². The first-order chi connectivity index (χ1) is 8.75. The molecule has 0 aromatic heterocycles. The monoisotopic (exact) mass is 247 g/mol. The first-order valence-corrected chi connectivity index (χ1v) is 6.80. The highest BCUT2D eigenvalue weighted by atomic mass is 16.3. The van der Waals surface area contributed by atoms with Crippen LogP contribution in [0.5, 0.6) is 5.75 Å². The minimum atomic E-state index is 0.166. The Morgan fingerprint density at radius 3 is 2.28 bits per heavy atom. The van der Waals surface area contributed by atoms with E-state index in [1.165, 1.54) is 25.7 Å². The van der Waals surface area contributed by atoms with Gasteiger partial charge in [0.25, 0.3) is 0 Å². The van der Waals surface area contributed by atoms with Crippen LogP contribution in [0.3, 0.4) is 0 Å². The van der Waals surface area contributed by atoms with Gasteiger partial charge in [-0.3, -0.25) is 4.79 Å². The average Bonchev–Trinajstić information content (AvgIpc) is 2.65. The summed E-state index contributed by atoms with van der Waals surface area (Å²) >= 11 is 0.